The number of methoxy groups -OCH3 is 2. The molecule has 112 valence electrons. The zero-order valence-corrected chi connectivity index (χ0v) is 13.9. The van der Waals surface area contributed by atoms with E-state index in [2.05, 4.69) is 15.9 Å². The Morgan fingerprint density at radius 3 is 2.20 bits per heavy atom. The van der Waals surface area contributed by atoms with Gasteiger partial charge in [-0.15, -0.1) is 0 Å². The number of carbonyl (C=O) groups is 1. The summed E-state index contributed by atoms with van der Waals surface area (Å²) in [6, 6.07) is 3.93. The lowest BCUT2D eigenvalue weighted by molar-refractivity contribution is -0.136. The van der Waals surface area contributed by atoms with Crippen molar-refractivity contribution in [2.45, 2.75) is 31.5 Å². The smallest absolute Gasteiger partial charge is 0.317 e. The van der Waals surface area contributed by atoms with Crippen LogP contribution in [0.3, 0.4) is 0 Å². The number of benzene rings is 1. The van der Waals surface area contributed by atoms with Gasteiger partial charge in [-0.25, -0.2) is 0 Å². The molecule has 0 aromatic heterocycles. The van der Waals surface area contributed by atoms with E-state index in [-0.39, 0.29) is 5.92 Å². The van der Waals surface area contributed by atoms with Crippen molar-refractivity contribution in [1.82, 2.24) is 0 Å². The van der Waals surface area contributed by atoms with E-state index in [1.54, 1.807) is 14.2 Å². The van der Waals surface area contributed by atoms with Crippen LogP contribution >= 0.6 is 15.9 Å². The minimum atomic E-state index is -0.834. The Morgan fingerprint density at radius 2 is 1.80 bits per heavy atom. The largest absolute Gasteiger partial charge is 0.496 e. The van der Waals surface area contributed by atoms with Crippen molar-refractivity contribution in [2.75, 3.05) is 14.2 Å². The highest BCUT2D eigenvalue weighted by molar-refractivity contribution is 9.10. The Morgan fingerprint density at radius 1 is 1.30 bits per heavy atom. The molecule has 0 aliphatic heterocycles. The summed E-state index contributed by atoms with van der Waals surface area (Å²) >= 11 is 3.18. The van der Waals surface area contributed by atoms with E-state index in [1.807, 2.05) is 26.0 Å². The lowest BCUT2D eigenvalue weighted by atomic mass is 9.94. The van der Waals surface area contributed by atoms with Crippen LogP contribution < -0.4 is 9.47 Å². The van der Waals surface area contributed by atoms with Gasteiger partial charge in [-0.2, -0.15) is 0 Å². The van der Waals surface area contributed by atoms with Crippen LogP contribution in [0.5, 0.6) is 11.5 Å². The molecule has 0 spiro atoms. The van der Waals surface area contributed by atoms with Crippen molar-refractivity contribution in [1.29, 1.82) is 0 Å². The Bertz CT molecular complexity index is 448. The van der Waals surface area contributed by atoms with Crippen molar-refractivity contribution in [2.24, 2.45) is 5.92 Å². The number of aliphatic carboxylic acids is 1. The molecule has 0 aliphatic rings. The summed E-state index contributed by atoms with van der Waals surface area (Å²) in [6.45, 7) is 4.01. The first-order valence-electron chi connectivity index (χ1n) is 6.47. The van der Waals surface area contributed by atoms with Crippen molar-refractivity contribution in [3.8, 4) is 11.5 Å². The van der Waals surface area contributed by atoms with Gasteiger partial charge >= 0.3 is 5.97 Å². The summed E-state index contributed by atoms with van der Waals surface area (Å²) in [7, 11) is 3.26. The van der Waals surface area contributed by atoms with Gasteiger partial charge in [-0.05, 0) is 43.4 Å². The van der Waals surface area contributed by atoms with Gasteiger partial charge in [0, 0.05) is 5.56 Å². The first kappa shape index (κ1) is 16.8. The highest BCUT2D eigenvalue weighted by Crippen LogP contribution is 2.33. The summed E-state index contributed by atoms with van der Waals surface area (Å²) in [4.78, 5) is 10.4. The first-order chi connectivity index (χ1) is 9.38. The predicted octanol–water partition coefficient (Wildman–Crippen LogP) is 3.43. The third-order valence-corrected chi connectivity index (χ3v) is 3.95. The van der Waals surface area contributed by atoms with Gasteiger partial charge in [0.05, 0.1) is 14.2 Å². The topological polar surface area (TPSA) is 55.8 Å². The van der Waals surface area contributed by atoms with E-state index in [0.29, 0.717) is 12.8 Å². The number of carboxylic acids is 1. The van der Waals surface area contributed by atoms with Gasteiger partial charge in [-0.1, -0.05) is 22.9 Å². The second-order valence-electron chi connectivity index (χ2n) is 5.00. The van der Waals surface area contributed by atoms with Crippen LogP contribution in [0.1, 0.15) is 24.5 Å². The van der Waals surface area contributed by atoms with Crippen LogP contribution in [0, 0.1) is 12.8 Å². The Labute approximate surface area is 128 Å². The average molecular weight is 345 g/mol. The molecule has 2 atom stereocenters. The molecule has 5 heteroatoms. The molecule has 0 heterocycles. The van der Waals surface area contributed by atoms with E-state index in [0.717, 1.165) is 22.6 Å². The summed E-state index contributed by atoms with van der Waals surface area (Å²) in [5.74, 6) is 0.936. The molecule has 0 fully saturated rings. The fourth-order valence-electron chi connectivity index (χ4n) is 2.20. The van der Waals surface area contributed by atoms with Crippen LogP contribution in [-0.4, -0.2) is 30.1 Å². The van der Waals surface area contributed by atoms with E-state index in [9.17, 15) is 4.79 Å². The molecular formula is C15H21BrO4. The minimum Gasteiger partial charge on any atom is -0.496 e. The maximum Gasteiger partial charge on any atom is 0.317 e. The normalized spacial score (nSPS) is 13.7. The van der Waals surface area contributed by atoms with Crippen molar-refractivity contribution in [3.05, 3.63) is 23.3 Å². The molecule has 0 amide bonds. The molecule has 1 aromatic rings. The second kappa shape index (κ2) is 7.53. The zero-order chi connectivity index (χ0) is 15.3. The lowest BCUT2D eigenvalue weighted by Crippen LogP contribution is -2.17. The summed E-state index contributed by atoms with van der Waals surface area (Å²) < 4.78 is 10.8. The third-order valence-electron chi connectivity index (χ3n) is 3.18. The highest BCUT2D eigenvalue weighted by Gasteiger charge is 2.20. The molecule has 0 radical (unpaired) electrons. The molecule has 0 aliphatic carbocycles. The second-order valence-corrected chi connectivity index (χ2v) is 6.10. The average Bonchev–Trinajstić information content (AvgIpc) is 2.39. The van der Waals surface area contributed by atoms with Gasteiger partial charge in [0.15, 0.2) is 0 Å². The predicted molar refractivity (Wildman–Crippen MR) is 82.1 cm³/mol. The summed E-state index contributed by atoms with van der Waals surface area (Å²) in [6.07, 6.45) is 1.26. The van der Waals surface area contributed by atoms with E-state index in [1.165, 1.54) is 0 Å². The number of rotatable bonds is 7. The van der Waals surface area contributed by atoms with Gasteiger partial charge in [0.25, 0.3) is 0 Å². The van der Waals surface area contributed by atoms with Gasteiger partial charge in [-0.3, -0.25) is 4.79 Å². The van der Waals surface area contributed by atoms with Crippen molar-refractivity contribution < 1.29 is 19.4 Å². The summed E-state index contributed by atoms with van der Waals surface area (Å²) in [5.41, 5.74) is 2.05. The van der Waals surface area contributed by atoms with Gasteiger partial charge in [0.2, 0.25) is 0 Å². The molecule has 20 heavy (non-hydrogen) atoms. The van der Waals surface area contributed by atoms with Crippen LogP contribution in [-0.2, 0) is 11.2 Å². The maximum atomic E-state index is 10.9. The minimum absolute atomic E-state index is 0.195. The fourth-order valence-corrected chi connectivity index (χ4v) is 2.84. The molecular weight excluding hydrogens is 324 g/mol. The van der Waals surface area contributed by atoms with E-state index < -0.39 is 10.8 Å². The molecule has 0 saturated heterocycles. The number of carboxylic acid groups (broad SMARTS) is 1. The van der Waals surface area contributed by atoms with E-state index >= 15 is 0 Å². The Hall–Kier alpha value is -1.23. The Balaban J connectivity index is 2.93. The van der Waals surface area contributed by atoms with Gasteiger partial charge in [0.1, 0.15) is 16.3 Å². The number of halogens is 1. The fraction of sp³-hybridized carbons (Fsp3) is 0.533. The third kappa shape index (κ3) is 4.40. The molecule has 2 unspecified atom stereocenters. The quantitative estimate of drug-likeness (QED) is 0.770. The summed E-state index contributed by atoms with van der Waals surface area (Å²) in [5, 5.41) is 8.94. The standard InChI is InChI=1S/C15H21BrO4/c1-9(6-12(16)15(17)18)5-11-13(19-3)7-10(2)8-14(11)20-4/h7-9,12H,5-6H2,1-4H3,(H,17,18). The van der Waals surface area contributed by atoms with Crippen LogP contribution in [0.15, 0.2) is 12.1 Å². The molecule has 0 bridgehead atoms. The molecule has 1 N–H and O–H groups in total. The number of hydrogen-bond acceptors (Lipinski definition) is 3. The number of aryl methyl sites for hydroxylation is 1. The first-order valence-corrected chi connectivity index (χ1v) is 7.39. The number of ether oxygens (including phenoxy) is 2. The molecule has 1 aromatic carbocycles. The zero-order valence-electron chi connectivity index (χ0n) is 12.3. The van der Waals surface area contributed by atoms with Crippen LogP contribution in [0.2, 0.25) is 0 Å². The Kier molecular flexibility index (Phi) is 6.33. The highest BCUT2D eigenvalue weighted by atomic mass is 79.9. The maximum absolute atomic E-state index is 10.9. The van der Waals surface area contributed by atoms with Crippen molar-refractivity contribution in [3.63, 3.8) is 0 Å². The van der Waals surface area contributed by atoms with Gasteiger partial charge < -0.3 is 14.6 Å². The number of alkyl halides is 1. The molecule has 1 rings (SSSR count). The molecule has 4 nitrogen and oxygen atoms in total. The van der Waals surface area contributed by atoms with Crippen LogP contribution in [0.25, 0.3) is 0 Å². The van der Waals surface area contributed by atoms with E-state index in [4.69, 9.17) is 14.6 Å². The SMILES string of the molecule is COc1cc(C)cc(OC)c1CC(C)CC(Br)C(=O)O. The number of hydrogen-bond donors (Lipinski definition) is 1. The monoisotopic (exact) mass is 344 g/mol. The molecule has 0 saturated carbocycles. The lowest BCUT2D eigenvalue weighted by Gasteiger charge is -2.18. The van der Waals surface area contributed by atoms with Crippen molar-refractivity contribution >= 4 is 21.9 Å². The van der Waals surface area contributed by atoms with Crippen LogP contribution in [0.4, 0.5) is 0 Å².